The van der Waals surface area contributed by atoms with Gasteiger partial charge < -0.3 is 18.8 Å². The maximum atomic E-state index is 13.8. The van der Waals surface area contributed by atoms with Crippen molar-refractivity contribution in [2.45, 2.75) is 21.2 Å². The van der Waals surface area contributed by atoms with E-state index in [4.69, 9.17) is 9.15 Å². The number of nitrogens with zero attached hydrogens (tertiary/aromatic N) is 1. The molecule has 0 atom stereocenters. The van der Waals surface area contributed by atoms with Crippen molar-refractivity contribution in [3.63, 3.8) is 0 Å². The molecule has 0 amide bonds. The van der Waals surface area contributed by atoms with Crippen LogP contribution in [0.15, 0.2) is 95.4 Å². The van der Waals surface area contributed by atoms with Gasteiger partial charge in [-0.15, -0.1) is 11.8 Å². The molecule has 2 aromatic heterocycles. The van der Waals surface area contributed by atoms with Gasteiger partial charge in [-0.3, -0.25) is 4.79 Å². The van der Waals surface area contributed by atoms with E-state index in [1.165, 1.54) is 35.6 Å². The van der Waals surface area contributed by atoms with E-state index in [1.54, 1.807) is 42.5 Å². The molecular formula is C27H20FNO5S2. The van der Waals surface area contributed by atoms with Gasteiger partial charge in [0.05, 0.1) is 19.2 Å². The lowest BCUT2D eigenvalue weighted by Crippen LogP contribution is -2.23. The van der Waals surface area contributed by atoms with Gasteiger partial charge in [0.2, 0.25) is 0 Å². The zero-order valence-corrected chi connectivity index (χ0v) is 20.9. The van der Waals surface area contributed by atoms with E-state index < -0.39 is 16.9 Å². The van der Waals surface area contributed by atoms with Gasteiger partial charge in [0.15, 0.2) is 11.3 Å². The Morgan fingerprint density at radius 3 is 2.53 bits per heavy atom. The van der Waals surface area contributed by atoms with Crippen LogP contribution in [0.1, 0.15) is 5.56 Å². The molecule has 0 fully saturated rings. The number of thioether (sulfide) groups is 1. The number of methoxy groups -OCH3 is 1. The number of aromatic nitrogens is 1. The van der Waals surface area contributed by atoms with Crippen LogP contribution in [0.5, 0.6) is 11.5 Å². The van der Waals surface area contributed by atoms with Crippen molar-refractivity contribution in [3.05, 3.63) is 98.9 Å². The Balaban J connectivity index is 1.77. The van der Waals surface area contributed by atoms with Crippen LogP contribution < -0.4 is 15.9 Å². The maximum absolute atomic E-state index is 13.8. The first-order valence-corrected chi connectivity index (χ1v) is 12.9. The van der Waals surface area contributed by atoms with Crippen LogP contribution in [-0.2, 0) is 6.54 Å². The van der Waals surface area contributed by atoms with E-state index in [2.05, 4.69) is 0 Å². The highest BCUT2D eigenvalue weighted by Crippen LogP contribution is 2.38. The summed E-state index contributed by atoms with van der Waals surface area (Å²) in [5.74, 6) is -0.234. The van der Waals surface area contributed by atoms with Gasteiger partial charge in [-0.2, -0.15) is 0 Å². The molecule has 6 nitrogen and oxygen atoms in total. The molecule has 0 aliphatic rings. The van der Waals surface area contributed by atoms with Gasteiger partial charge in [-0.25, -0.2) is 9.18 Å². The number of fused-ring (bicyclic) bond motifs is 3. The number of hydrogen-bond donors (Lipinski definition) is 1. The lowest BCUT2D eigenvalue weighted by atomic mass is 10.1. The predicted octanol–water partition coefficient (Wildman–Crippen LogP) is 5.88. The zero-order chi connectivity index (χ0) is 25.4. The molecule has 0 spiro atoms. The smallest absolute Gasteiger partial charge is 0.354 e. The fraction of sp³-hybridized carbons (Fsp3) is 0.111. The van der Waals surface area contributed by atoms with E-state index in [0.717, 1.165) is 16.7 Å². The molecule has 5 aromatic rings. The summed E-state index contributed by atoms with van der Waals surface area (Å²) in [5, 5.41) is 11.6. The van der Waals surface area contributed by atoms with E-state index >= 15 is 0 Å². The second-order valence-corrected chi connectivity index (χ2v) is 9.92. The summed E-state index contributed by atoms with van der Waals surface area (Å²) in [6.07, 6.45) is 1.92. The summed E-state index contributed by atoms with van der Waals surface area (Å²) >= 11 is 2.49. The van der Waals surface area contributed by atoms with Crippen LogP contribution >= 0.6 is 23.5 Å². The van der Waals surface area contributed by atoms with Gasteiger partial charge in [-0.1, -0.05) is 30.0 Å². The zero-order valence-electron chi connectivity index (χ0n) is 19.3. The fourth-order valence-corrected chi connectivity index (χ4v) is 5.31. The molecule has 1 N–H and O–H groups in total. The average molecular weight is 522 g/mol. The predicted molar refractivity (Wildman–Crippen MR) is 140 cm³/mol. The third kappa shape index (κ3) is 4.36. The topological polar surface area (TPSA) is 81.7 Å². The second kappa shape index (κ2) is 9.75. The van der Waals surface area contributed by atoms with Gasteiger partial charge in [0, 0.05) is 15.2 Å². The number of aromatic hydroxyl groups is 1. The first kappa shape index (κ1) is 24.0. The van der Waals surface area contributed by atoms with Crippen molar-refractivity contribution in [2.24, 2.45) is 0 Å². The largest absolute Gasteiger partial charge is 0.505 e. The van der Waals surface area contributed by atoms with Crippen LogP contribution in [0.3, 0.4) is 0 Å². The van der Waals surface area contributed by atoms with Crippen LogP contribution in [0.2, 0.25) is 0 Å². The molecule has 0 radical (unpaired) electrons. The number of rotatable bonds is 6. The summed E-state index contributed by atoms with van der Waals surface area (Å²) in [7, 11) is 1.53. The van der Waals surface area contributed by atoms with Gasteiger partial charge in [0.1, 0.15) is 21.8 Å². The van der Waals surface area contributed by atoms with E-state index in [1.807, 2.05) is 18.4 Å². The number of benzene rings is 3. The number of hydrogen-bond acceptors (Lipinski definition) is 7. The number of ether oxygens (including phenoxy) is 1. The number of pyridine rings is 1. The van der Waals surface area contributed by atoms with Crippen molar-refractivity contribution >= 4 is 45.4 Å². The molecule has 9 heteroatoms. The minimum Gasteiger partial charge on any atom is -0.505 e. The van der Waals surface area contributed by atoms with E-state index in [-0.39, 0.29) is 28.2 Å². The van der Waals surface area contributed by atoms with Crippen molar-refractivity contribution in [1.29, 1.82) is 0 Å². The van der Waals surface area contributed by atoms with E-state index in [0.29, 0.717) is 27.1 Å². The van der Waals surface area contributed by atoms with Crippen molar-refractivity contribution in [1.82, 2.24) is 4.57 Å². The normalized spacial score (nSPS) is 11.3. The summed E-state index contributed by atoms with van der Waals surface area (Å²) in [6, 6.07) is 18.3. The first-order chi connectivity index (χ1) is 17.4. The van der Waals surface area contributed by atoms with Gasteiger partial charge >= 0.3 is 5.63 Å². The molecule has 0 unspecified atom stereocenters. The SMILES string of the molecule is COc1cccc(Sc2c(O)c3c(=O)n(Cc4ccc(F)cc4)c4cc(SC)ccc4c3oc2=O)c1. The molecule has 3 aromatic carbocycles. The highest BCUT2D eigenvalue weighted by atomic mass is 32.2. The molecule has 0 aliphatic heterocycles. The van der Waals surface area contributed by atoms with Crippen LogP contribution in [0.25, 0.3) is 21.9 Å². The molecule has 182 valence electrons. The van der Waals surface area contributed by atoms with Crippen LogP contribution in [0.4, 0.5) is 4.39 Å². The highest BCUT2D eigenvalue weighted by molar-refractivity contribution is 7.99. The summed E-state index contributed by atoms with van der Waals surface area (Å²) in [4.78, 5) is 28.2. The number of halogens is 1. The second-order valence-electron chi connectivity index (χ2n) is 7.95. The third-order valence-corrected chi connectivity index (χ3v) is 7.55. The van der Waals surface area contributed by atoms with Gasteiger partial charge in [0.25, 0.3) is 5.56 Å². The third-order valence-electron chi connectivity index (χ3n) is 5.77. The Morgan fingerprint density at radius 2 is 1.81 bits per heavy atom. The lowest BCUT2D eigenvalue weighted by molar-refractivity contribution is 0.413. The Hall–Kier alpha value is -3.69. The van der Waals surface area contributed by atoms with Gasteiger partial charge in [-0.05, 0) is 60.4 Å². The minimum atomic E-state index is -0.751. The minimum absolute atomic E-state index is 0.0236. The fourth-order valence-electron chi connectivity index (χ4n) is 4.00. The Bertz CT molecular complexity index is 1730. The lowest BCUT2D eigenvalue weighted by Gasteiger charge is -2.15. The quantitative estimate of drug-likeness (QED) is 0.221. The Labute approximate surface area is 213 Å². The monoisotopic (exact) mass is 521 g/mol. The molecule has 2 heterocycles. The average Bonchev–Trinajstić information content (AvgIpc) is 2.89. The molecule has 36 heavy (non-hydrogen) atoms. The van der Waals surface area contributed by atoms with Crippen LogP contribution in [0, 0.1) is 5.82 Å². The molecule has 5 rings (SSSR count). The van der Waals surface area contributed by atoms with Crippen LogP contribution in [-0.4, -0.2) is 23.0 Å². The summed E-state index contributed by atoms with van der Waals surface area (Å²) in [6.45, 7) is 0.139. The molecular weight excluding hydrogens is 501 g/mol. The highest BCUT2D eigenvalue weighted by Gasteiger charge is 2.23. The summed E-state index contributed by atoms with van der Waals surface area (Å²) in [5.41, 5.74) is -0.000879. The standard InChI is InChI=1S/C27H20FNO5S2/c1-33-17-4-3-5-19(12-17)36-25-23(30)22-24(34-27(25)32)20-11-10-18(35-2)13-21(20)29(26(22)31)14-15-6-8-16(28)9-7-15/h3-13,30H,14H2,1-2H3. The molecule has 0 aliphatic carbocycles. The Kier molecular flexibility index (Phi) is 6.51. The van der Waals surface area contributed by atoms with E-state index in [9.17, 15) is 19.1 Å². The molecule has 0 bridgehead atoms. The summed E-state index contributed by atoms with van der Waals surface area (Å²) < 4.78 is 25.9. The maximum Gasteiger partial charge on any atom is 0.354 e. The Morgan fingerprint density at radius 1 is 1.03 bits per heavy atom. The molecule has 0 saturated heterocycles. The van der Waals surface area contributed by atoms with Crippen molar-refractivity contribution in [3.8, 4) is 11.5 Å². The molecule has 0 saturated carbocycles. The first-order valence-electron chi connectivity index (χ1n) is 10.9. The van der Waals surface area contributed by atoms with Crippen molar-refractivity contribution in [2.75, 3.05) is 13.4 Å². The van der Waals surface area contributed by atoms with Crippen molar-refractivity contribution < 1.29 is 18.7 Å².